The van der Waals surface area contributed by atoms with E-state index >= 15 is 0 Å². The van der Waals surface area contributed by atoms with Crippen LogP contribution in [0.15, 0.2) is 12.3 Å². The van der Waals surface area contributed by atoms with Crippen molar-refractivity contribution in [2.24, 2.45) is 5.92 Å². The number of allylic oxidation sites excluding steroid dienone is 1. The maximum absolute atomic E-state index is 10.6. The predicted octanol–water partition coefficient (Wildman–Crippen LogP) is 3.69. The number of carbonyl (C=O) groups is 1. The molecule has 0 fully saturated rings. The lowest BCUT2D eigenvalue weighted by molar-refractivity contribution is 0.179. The van der Waals surface area contributed by atoms with E-state index in [0.29, 0.717) is 5.92 Å². The summed E-state index contributed by atoms with van der Waals surface area (Å²) in [5.74, 6) is 0.627. The van der Waals surface area contributed by atoms with Gasteiger partial charge in [-0.15, -0.1) is 0 Å². The molecular formula is C15H30N2O2. The van der Waals surface area contributed by atoms with Crippen molar-refractivity contribution in [3.63, 3.8) is 0 Å². The first-order chi connectivity index (χ1) is 8.64. The van der Waals surface area contributed by atoms with Crippen LogP contribution in [-0.2, 0) is 0 Å². The maximum Gasteiger partial charge on any atom is 0.405 e. The zero-order valence-electron chi connectivity index (χ0n) is 13.1. The summed E-state index contributed by atoms with van der Waals surface area (Å²) in [4.78, 5) is 12.9. The molecule has 0 aromatic rings. The summed E-state index contributed by atoms with van der Waals surface area (Å²) in [6, 6.07) is 0. The summed E-state index contributed by atoms with van der Waals surface area (Å²) < 4.78 is 0. The Balaban J connectivity index is 4.00. The van der Waals surface area contributed by atoms with Gasteiger partial charge in [-0.3, -0.25) is 0 Å². The average Bonchev–Trinajstić information content (AvgIpc) is 2.19. The first-order valence-corrected chi connectivity index (χ1v) is 7.05. The van der Waals surface area contributed by atoms with Gasteiger partial charge in [0.2, 0.25) is 0 Å². The van der Waals surface area contributed by atoms with E-state index in [1.54, 1.807) is 0 Å². The lowest BCUT2D eigenvalue weighted by atomic mass is 9.97. The van der Waals surface area contributed by atoms with E-state index in [2.05, 4.69) is 30.6 Å². The fraction of sp³-hybridized carbons (Fsp3) is 0.800. The second-order valence-corrected chi connectivity index (χ2v) is 6.35. The summed E-state index contributed by atoms with van der Waals surface area (Å²) in [5.41, 5.74) is 0.759. The van der Waals surface area contributed by atoms with Gasteiger partial charge in [0.25, 0.3) is 0 Å². The van der Waals surface area contributed by atoms with Crippen LogP contribution in [0.3, 0.4) is 0 Å². The number of nitrogens with zero attached hydrogens (tertiary/aromatic N) is 1. The van der Waals surface area contributed by atoms with Crippen LogP contribution in [0.1, 0.15) is 53.9 Å². The van der Waals surface area contributed by atoms with E-state index in [1.165, 1.54) is 0 Å². The minimum atomic E-state index is -0.951. The third-order valence-electron chi connectivity index (χ3n) is 3.05. The van der Waals surface area contributed by atoms with E-state index in [4.69, 9.17) is 5.11 Å². The molecule has 0 saturated heterocycles. The van der Waals surface area contributed by atoms with Crippen molar-refractivity contribution in [3.05, 3.63) is 12.3 Å². The van der Waals surface area contributed by atoms with Crippen molar-refractivity contribution < 1.29 is 9.90 Å². The number of nitrogens with one attached hydrogen (secondary N) is 1. The summed E-state index contributed by atoms with van der Waals surface area (Å²) in [6.45, 7) is 16.3. The SMILES string of the molecule is C=C(C)N(CCCCC(C)(C)NC(=O)O)CC(C)C. The van der Waals surface area contributed by atoms with Gasteiger partial charge in [0, 0.05) is 24.3 Å². The maximum atomic E-state index is 10.6. The molecular weight excluding hydrogens is 240 g/mol. The molecule has 4 heteroatoms. The minimum Gasteiger partial charge on any atom is -0.465 e. The summed E-state index contributed by atoms with van der Waals surface area (Å²) >= 11 is 0. The van der Waals surface area contributed by atoms with E-state index in [1.807, 2.05) is 20.8 Å². The Labute approximate surface area is 117 Å². The number of amides is 1. The molecule has 0 radical (unpaired) electrons. The van der Waals surface area contributed by atoms with Crippen LogP contribution < -0.4 is 5.32 Å². The molecule has 0 aliphatic rings. The zero-order chi connectivity index (χ0) is 15.1. The zero-order valence-corrected chi connectivity index (χ0v) is 13.1. The second-order valence-electron chi connectivity index (χ2n) is 6.35. The number of unbranched alkanes of at least 4 members (excludes halogenated alkanes) is 1. The van der Waals surface area contributed by atoms with E-state index < -0.39 is 6.09 Å². The van der Waals surface area contributed by atoms with Crippen molar-refractivity contribution in [2.75, 3.05) is 13.1 Å². The smallest absolute Gasteiger partial charge is 0.405 e. The second kappa shape index (κ2) is 8.08. The van der Waals surface area contributed by atoms with Crippen LogP contribution in [-0.4, -0.2) is 34.7 Å². The Morgan fingerprint density at radius 1 is 1.37 bits per heavy atom. The Kier molecular flexibility index (Phi) is 7.57. The Bertz CT molecular complexity index is 299. The van der Waals surface area contributed by atoms with Gasteiger partial charge in [-0.1, -0.05) is 20.4 Å². The molecule has 0 aromatic carbocycles. The van der Waals surface area contributed by atoms with Gasteiger partial charge < -0.3 is 15.3 Å². The van der Waals surface area contributed by atoms with Crippen molar-refractivity contribution in [2.45, 2.75) is 59.4 Å². The number of hydrogen-bond donors (Lipinski definition) is 2. The molecule has 0 bridgehead atoms. The molecule has 0 saturated carbocycles. The van der Waals surface area contributed by atoms with E-state index in [0.717, 1.165) is 38.0 Å². The van der Waals surface area contributed by atoms with Gasteiger partial charge >= 0.3 is 6.09 Å². The molecule has 0 unspecified atom stereocenters. The van der Waals surface area contributed by atoms with Gasteiger partial charge in [0.15, 0.2) is 0 Å². The highest BCUT2D eigenvalue weighted by Gasteiger charge is 2.19. The van der Waals surface area contributed by atoms with Gasteiger partial charge in [0.05, 0.1) is 0 Å². The topological polar surface area (TPSA) is 52.6 Å². The van der Waals surface area contributed by atoms with Crippen LogP contribution in [0.4, 0.5) is 4.79 Å². The average molecular weight is 270 g/mol. The fourth-order valence-electron chi connectivity index (χ4n) is 2.10. The number of carboxylic acid groups (broad SMARTS) is 1. The van der Waals surface area contributed by atoms with Gasteiger partial charge in [-0.2, -0.15) is 0 Å². The third kappa shape index (κ3) is 9.40. The Hall–Kier alpha value is -1.19. The molecule has 0 aliphatic carbocycles. The van der Waals surface area contributed by atoms with E-state index in [-0.39, 0.29) is 5.54 Å². The molecule has 1 amide bonds. The first-order valence-electron chi connectivity index (χ1n) is 7.05. The molecule has 0 heterocycles. The highest BCUT2D eigenvalue weighted by Crippen LogP contribution is 2.14. The Morgan fingerprint density at radius 3 is 2.37 bits per heavy atom. The Morgan fingerprint density at radius 2 is 1.95 bits per heavy atom. The van der Waals surface area contributed by atoms with Crippen molar-refractivity contribution in [1.82, 2.24) is 10.2 Å². The van der Waals surface area contributed by atoms with Crippen LogP contribution in [0.25, 0.3) is 0 Å². The first kappa shape index (κ1) is 17.8. The van der Waals surface area contributed by atoms with Crippen molar-refractivity contribution in [1.29, 1.82) is 0 Å². The standard InChI is InChI=1S/C15H30N2O2/c1-12(2)11-17(13(3)4)10-8-7-9-15(5,6)16-14(18)19/h12,16H,3,7-11H2,1-2,4-6H3,(H,18,19). The summed E-state index contributed by atoms with van der Waals surface area (Å²) in [5, 5.41) is 11.3. The molecule has 0 rings (SSSR count). The number of rotatable bonds is 9. The molecule has 2 N–H and O–H groups in total. The van der Waals surface area contributed by atoms with Crippen LogP contribution >= 0.6 is 0 Å². The quantitative estimate of drug-likeness (QED) is 0.628. The van der Waals surface area contributed by atoms with Crippen LogP contribution in [0.5, 0.6) is 0 Å². The third-order valence-corrected chi connectivity index (χ3v) is 3.05. The molecule has 0 aliphatic heterocycles. The van der Waals surface area contributed by atoms with Crippen molar-refractivity contribution in [3.8, 4) is 0 Å². The summed E-state index contributed by atoms with van der Waals surface area (Å²) in [6.07, 6.45) is 1.97. The minimum absolute atomic E-state index is 0.349. The predicted molar refractivity (Wildman–Crippen MR) is 80.3 cm³/mol. The lowest BCUT2D eigenvalue weighted by Gasteiger charge is -2.28. The van der Waals surface area contributed by atoms with E-state index in [9.17, 15) is 4.79 Å². The highest BCUT2D eigenvalue weighted by atomic mass is 16.4. The van der Waals surface area contributed by atoms with Crippen molar-refractivity contribution >= 4 is 6.09 Å². The highest BCUT2D eigenvalue weighted by molar-refractivity contribution is 5.65. The monoisotopic (exact) mass is 270 g/mol. The van der Waals surface area contributed by atoms with Gasteiger partial charge in [-0.05, 0) is 46.0 Å². The summed E-state index contributed by atoms with van der Waals surface area (Å²) in [7, 11) is 0. The lowest BCUT2D eigenvalue weighted by Crippen LogP contribution is -2.42. The van der Waals surface area contributed by atoms with Crippen LogP contribution in [0.2, 0.25) is 0 Å². The molecule has 19 heavy (non-hydrogen) atoms. The molecule has 112 valence electrons. The molecule has 0 atom stereocenters. The molecule has 0 spiro atoms. The molecule has 0 aromatic heterocycles. The molecule has 4 nitrogen and oxygen atoms in total. The largest absolute Gasteiger partial charge is 0.465 e. The number of hydrogen-bond acceptors (Lipinski definition) is 2. The van der Waals surface area contributed by atoms with Gasteiger partial charge in [0.1, 0.15) is 0 Å². The fourth-order valence-corrected chi connectivity index (χ4v) is 2.10. The normalized spacial score (nSPS) is 11.5. The van der Waals surface area contributed by atoms with Gasteiger partial charge in [-0.25, -0.2) is 4.79 Å². The van der Waals surface area contributed by atoms with Crippen LogP contribution in [0, 0.1) is 5.92 Å².